The molecule has 0 saturated carbocycles. The van der Waals surface area contributed by atoms with E-state index in [-0.39, 0.29) is 110 Å². The SMILES string of the molecule is CN(C)C=O.CN(C)C=O.Cc1cccc(C(=O)[O-])c1.Cc1cccc(C(=O)[O-])c1.Cc1cccc(C(=O)[O-])c1.Cc1cccc(C(=O)[O-])c1.Cc1cccc(C(=O)[O-])c1.Cc1cccc(C(=O)[O-])c1.O.O.[Y+3].[Y+3]. The molecule has 6 aromatic carbocycles. The van der Waals surface area contributed by atoms with E-state index in [1.807, 2.05) is 77.9 Å². The molecule has 0 bridgehead atoms. The van der Waals surface area contributed by atoms with Gasteiger partial charge in [-0.15, -0.1) is 0 Å². The predicted octanol–water partition coefficient (Wildman–Crippen LogP) is -0.0945. The van der Waals surface area contributed by atoms with Gasteiger partial charge in [-0.2, -0.15) is 0 Å². The van der Waals surface area contributed by atoms with Gasteiger partial charge in [-0.05, 0) is 74.9 Å². The molecule has 0 aliphatic heterocycles. The van der Waals surface area contributed by atoms with Crippen LogP contribution < -0.4 is 30.6 Å². The number of nitrogens with zero attached hydrogens (tertiary/aromatic N) is 2. The Morgan fingerprint density at radius 1 is 0.311 bits per heavy atom. The standard InChI is InChI=1S/6C8H8O2.2C3H7NO.2H2O.2Y/c6*1-6-3-2-4-7(5-6)8(9)10;2*1-4(2)3-5;;;;/h6*2-5H,1H3,(H,9,10);2*3H,1-2H3;2*1H2;;/q;;;;;;;;;;2*+3/p-6. The molecule has 0 spiro atoms. The molecule has 0 fully saturated rings. The Bertz CT molecular complexity index is 2180. The number of carbonyl (C=O) groups excluding carboxylic acids is 8. The van der Waals surface area contributed by atoms with E-state index in [0.717, 1.165) is 46.2 Å². The molecule has 0 unspecified atom stereocenters. The molecule has 18 nitrogen and oxygen atoms in total. The van der Waals surface area contributed by atoms with Crippen LogP contribution in [0.1, 0.15) is 95.5 Å². The molecule has 2 amide bonds. The van der Waals surface area contributed by atoms with Crippen molar-refractivity contribution in [2.45, 2.75) is 41.5 Å². The van der Waals surface area contributed by atoms with E-state index in [0.29, 0.717) is 0 Å². The molecule has 4 N–H and O–H groups in total. The Morgan fingerprint density at radius 2 is 0.419 bits per heavy atom. The second-order valence-electron chi connectivity index (χ2n) is 15.1. The van der Waals surface area contributed by atoms with Gasteiger partial charge >= 0.3 is 65.4 Å². The van der Waals surface area contributed by atoms with Crippen LogP contribution in [0.5, 0.6) is 0 Å². The average molecular weight is 1170 g/mol. The Kier molecular flexibility index (Phi) is 47.7. The first-order chi connectivity index (χ1) is 32.7. The van der Waals surface area contributed by atoms with Gasteiger partial charge in [0.05, 0.1) is 35.8 Å². The van der Waals surface area contributed by atoms with Crippen molar-refractivity contribution in [1.29, 1.82) is 0 Å². The monoisotopic (exact) mass is 1170 g/mol. The van der Waals surface area contributed by atoms with Crippen molar-refractivity contribution in [1.82, 2.24) is 9.80 Å². The molecule has 0 aromatic heterocycles. The Labute approximate surface area is 482 Å². The smallest absolute Gasteiger partial charge is 0.545 e. The fraction of sp³-hybridized carbons (Fsp3) is 0.185. The normalized spacial score (nSPS) is 8.46. The molecule has 0 atom stereocenters. The van der Waals surface area contributed by atoms with Crippen LogP contribution >= 0.6 is 0 Å². The summed E-state index contributed by atoms with van der Waals surface area (Å²) in [6.45, 7) is 11.0. The van der Waals surface area contributed by atoms with Crippen molar-refractivity contribution in [3.8, 4) is 0 Å². The van der Waals surface area contributed by atoms with E-state index >= 15 is 0 Å². The van der Waals surface area contributed by atoms with Gasteiger partial charge in [0.15, 0.2) is 0 Å². The van der Waals surface area contributed by atoms with Crippen molar-refractivity contribution in [3.63, 3.8) is 0 Å². The number of hydrogen-bond acceptors (Lipinski definition) is 14. The minimum atomic E-state index is -1.12. The molecule has 0 aliphatic rings. The largest absolute Gasteiger partial charge is 3.00 e. The number of carboxylic acid groups (broad SMARTS) is 6. The van der Waals surface area contributed by atoms with E-state index in [4.69, 9.17) is 0 Å². The summed E-state index contributed by atoms with van der Waals surface area (Å²) in [5.41, 5.74) is 7.01. The van der Waals surface area contributed by atoms with Crippen LogP contribution in [0.2, 0.25) is 0 Å². The zero-order valence-corrected chi connectivity index (χ0v) is 48.5. The Hall–Kier alpha value is -6.79. The van der Waals surface area contributed by atoms with Crippen molar-refractivity contribution in [2.24, 2.45) is 0 Å². The van der Waals surface area contributed by atoms with Gasteiger partial charge in [0.2, 0.25) is 12.8 Å². The molecule has 74 heavy (non-hydrogen) atoms. The second kappa shape index (κ2) is 44.9. The quantitative estimate of drug-likeness (QED) is 0.180. The molecule has 0 radical (unpaired) electrons. The van der Waals surface area contributed by atoms with Gasteiger partial charge < -0.3 is 80.2 Å². The summed E-state index contributed by atoms with van der Waals surface area (Å²) in [5, 5.41) is 61.5. The van der Waals surface area contributed by atoms with E-state index in [9.17, 15) is 69.0 Å². The van der Waals surface area contributed by atoms with Crippen molar-refractivity contribution >= 4 is 48.6 Å². The Balaban J connectivity index is -0.000000179. The number of aromatic carboxylic acids is 6. The summed E-state index contributed by atoms with van der Waals surface area (Å²) in [7, 11) is 6.75. The van der Waals surface area contributed by atoms with Crippen LogP contribution in [0.25, 0.3) is 0 Å². The average Bonchev–Trinajstić information content (AvgIpc) is 3.30. The van der Waals surface area contributed by atoms with Crippen LogP contribution in [-0.4, -0.2) is 97.6 Å². The first kappa shape index (κ1) is 78.6. The van der Waals surface area contributed by atoms with Crippen molar-refractivity contribution < 1.29 is 145 Å². The zero-order chi connectivity index (χ0) is 53.9. The maximum atomic E-state index is 10.2. The molecule has 6 aromatic rings. The third-order valence-electron chi connectivity index (χ3n) is 7.94. The number of hydrogen-bond donors (Lipinski definition) is 0. The van der Waals surface area contributed by atoms with Gasteiger partial charge in [-0.25, -0.2) is 0 Å². The first-order valence-corrected chi connectivity index (χ1v) is 20.7. The minimum absolute atomic E-state index is 0. The minimum Gasteiger partial charge on any atom is -0.545 e. The predicted molar refractivity (Wildman–Crippen MR) is 260 cm³/mol. The fourth-order valence-electron chi connectivity index (χ4n) is 4.63. The number of amides is 2. The topological polar surface area (TPSA) is 344 Å². The Morgan fingerprint density at radius 3 is 0.473 bits per heavy atom. The summed E-state index contributed by atoms with van der Waals surface area (Å²) in [5.74, 6) is -6.73. The summed E-state index contributed by atoms with van der Waals surface area (Å²) < 4.78 is 0. The van der Waals surface area contributed by atoms with E-state index in [1.54, 1.807) is 101 Å². The summed E-state index contributed by atoms with van der Waals surface area (Å²) >= 11 is 0. The van der Waals surface area contributed by atoms with Crippen LogP contribution in [0, 0.1) is 41.5 Å². The molecule has 0 aliphatic carbocycles. The summed E-state index contributed by atoms with van der Waals surface area (Å²) in [6, 6.07) is 39.8. The van der Waals surface area contributed by atoms with Gasteiger partial charge in [0.1, 0.15) is 0 Å². The van der Waals surface area contributed by atoms with Gasteiger partial charge in [-0.1, -0.05) is 179 Å². The van der Waals surface area contributed by atoms with Gasteiger partial charge in [0, 0.05) is 28.2 Å². The van der Waals surface area contributed by atoms with Crippen LogP contribution in [0.15, 0.2) is 146 Å². The van der Waals surface area contributed by atoms with Crippen LogP contribution in [0.4, 0.5) is 0 Å². The molecule has 388 valence electrons. The summed E-state index contributed by atoms with van der Waals surface area (Å²) in [6.07, 6.45) is 1.50. The summed E-state index contributed by atoms with van der Waals surface area (Å²) in [4.78, 5) is 83.2. The van der Waals surface area contributed by atoms with Crippen molar-refractivity contribution in [3.05, 3.63) is 212 Å². The fourth-order valence-corrected chi connectivity index (χ4v) is 4.63. The zero-order valence-electron chi connectivity index (χ0n) is 42.8. The van der Waals surface area contributed by atoms with Gasteiger partial charge in [-0.3, -0.25) is 9.59 Å². The molecule has 0 heterocycles. The van der Waals surface area contributed by atoms with E-state index < -0.39 is 35.8 Å². The maximum absolute atomic E-state index is 10.2. The number of carbonyl (C=O) groups is 8. The number of benzene rings is 6. The molecule has 20 heteroatoms. The third kappa shape index (κ3) is 40.8. The third-order valence-corrected chi connectivity index (χ3v) is 7.94. The number of rotatable bonds is 8. The van der Waals surface area contributed by atoms with E-state index in [1.165, 1.54) is 46.2 Å². The molecule has 0 saturated heterocycles. The van der Waals surface area contributed by atoms with Gasteiger partial charge in [0.25, 0.3) is 0 Å². The maximum Gasteiger partial charge on any atom is 3.00 e. The first-order valence-electron chi connectivity index (χ1n) is 20.7. The van der Waals surface area contributed by atoms with E-state index in [2.05, 4.69) is 0 Å². The second-order valence-corrected chi connectivity index (χ2v) is 15.1. The van der Waals surface area contributed by atoms with Crippen molar-refractivity contribution in [2.75, 3.05) is 28.2 Å². The number of carboxylic acids is 6. The molecular formula is C54H60N2O16Y2. The molecule has 6 rings (SSSR count). The van der Waals surface area contributed by atoms with Crippen LogP contribution in [-0.2, 0) is 75.0 Å². The number of aryl methyl sites for hydroxylation is 6. The van der Waals surface area contributed by atoms with Crippen LogP contribution in [0.3, 0.4) is 0 Å². The molecular weight excluding hydrogens is 1110 g/mol.